The van der Waals surface area contributed by atoms with Gasteiger partial charge in [-0.2, -0.15) is 0 Å². The van der Waals surface area contributed by atoms with Gasteiger partial charge in [0.15, 0.2) is 5.96 Å². The Kier molecular flexibility index (Phi) is 7.92. The molecule has 0 atom stereocenters. The molecular formula is C19H32N4S. The SMILES string of the molecule is CCNC(=NCc1ccc(C)cc1SC)NCC1CCN(C)CC1. The monoisotopic (exact) mass is 348 g/mol. The van der Waals surface area contributed by atoms with E-state index >= 15 is 0 Å². The largest absolute Gasteiger partial charge is 0.357 e. The molecule has 1 aliphatic heterocycles. The lowest BCUT2D eigenvalue weighted by Crippen LogP contribution is -2.42. The molecule has 0 radical (unpaired) electrons. The number of thioether (sulfide) groups is 1. The summed E-state index contributed by atoms with van der Waals surface area (Å²) in [7, 11) is 2.21. The second kappa shape index (κ2) is 9.94. The number of piperidine rings is 1. The van der Waals surface area contributed by atoms with Crippen LogP contribution in [0.5, 0.6) is 0 Å². The molecule has 0 amide bonds. The van der Waals surface area contributed by atoms with Gasteiger partial charge in [0.25, 0.3) is 0 Å². The first-order chi connectivity index (χ1) is 11.6. The molecule has 134 valence electrons. The van der Waals surface area contributed by atoms with Crippen LogP contribution in [0.4, 0.5) is 0 Å². The lowest BCUT2D eigenvalue weighted by Gasteiger charge is -2.29. The number of benzene rings is 1. The van der Waals surface area contributed by atoms with E-state index in [2.05, 4.69) is 60.9 Å². The van der Waals surface area contributed by atoms with Crippen LogP contribution < -0.4 is 10.6 Å². The number of aliphatic imine (C=N–C) groups is 1. The first-order valence-electron chi connectivity index (χ1n) is 8.96. The van der Waals surface area contributed by atoms with Crippen LogP contribution in [0.15, 0.2) is 28.1 Å². The number of nitrogens with one attached hydrogen (secondary N) is 2. The number of aryl methyl sites for hydroxylation is 1. The molecule has 1 aromatic rings. The number of guanidine groups is 1. The van der Waals surface area contributed by atoms with Crippen molar-refractivity contribution in [2.75, 3.05) is 39.5 Å². The van der Waals surface area contributed by atoms with E-state index in [1.165, 1.54) is 42.0 Å². The van der Waals surface area contributed by atoms with Gasteiger partial charge in [-0.05, 0) is 76.2 Å². The van der Waals surface area contributed by atoms with Crippen molar-refractivity contribution in [1.82, 2.24) is 15.5 Å². The Morgan fingerprint density at radius 3 is 2.71 bits per heavy atom. The number of hydrogen-bond acceptors (Lipinski definition) is 3. The zero-order valence-electron chi connectivity index (χ0n) is 15.6. The average Bonchev–Trinajstić information content (AvgIpc) is 2.59. The van der Waals surface area contributed by atoms with Crippen LogP contribution in [0.3, 0.4) is 0 Å². The van der Waals surface area contributed by atoms with Crippen LogP contribution in [0.25, 0.3) is 0 Å². The second-order valence-corrected chi connectivity index (χ2v) is 7.49. The molecule has 2 rings (SSSR count). The first-order valence-corrected chi connectivity index (χ1v) is 10.2. The Balaban J connectivity index is 1.93. The van der Waals surface area contributed by atoms with Crippen LogP contribution in [-0.4, -0.2) is 50.3 Å². The predicted molar refractivity (Wildman–Crippen MR) is 106 cm³/mol. The highest BCUT2D eigenvalue weighted by molar-refractivity contribution is 7.98. The molecule has 4 nitrogen and oxygen atoms in total. The minimum atomic E-state index is 0.721. The van der Waals surface area contributed by atoms with E-state index in [4.69, 9.17) is 4.99 Å². The maximum atomic E-state index is 4.79. The third-order valence-electron chi connectivity index (χ3n) is 4.59. The Morgan fingerprint density at radius 2 is 2.04 bits per heavy atom. The molecule has 0 aliphatic carbocycles. The normalized spacial score (nSPS) is 17.1. The van der Waals surface area contributed by atoms with Crippen molar-refractivity contribution in [3.63, 3.8) is 0 Å². The fourth-order valence-corrected chi connectivity index (χ4v) is 3.69. The molecular weight excluding hydrogens is 316 g/mol. The van der Waals surface area contributed by atoms with Gasteiger partial charge in [0, 0.05) is 18.0 Å². The third kappa shape index (κ3) is 6.02. The average molecular weight is 349 g/mol. The molecule has 1 fully saturated rings. The molecule has 0 bridgehead atoms. The first kappa shape index (κ1) is 19.1. The van der Waals surface area contributed by atoms with Gasteiger partial charge in [0.2, 0.25) is 0 Å². The van der Waals surface area contributed by atoms with E-state index in [0.29, 0.717) is 0 Å². The molecule has 0 spiro atoms. The third-order valence-corrected chi connectivity index (χ3v) is 5.41. The summed E-state index contributed by atoms with van der Waals surface area (Å²) in [6, 6.07) is 6.61. The van der Waals surface area contributed by atoms with Gasteiger partial charge in [0.1, 0.15) is 0 Å². The second-order valence-electron chi connectivity index (χ2n) is 6.64. The summed E-state index contributed by atoms with van der Waals surface area (Å²) in [5, 5.41) is 6.91. The van der Waals surface area contributed by atoms with Gasteiger partial charge in [-0.3, -0.25) is 0 Å². The van der Waals surface area contributed by atoms with Gasteiger partial charge in [-0.15, -0.1) is 11.8 Å². The van der Waals surface area contributed by atoms with Crippen LogP contribution in [0.2, 0.25) is 0 Å². The van der Waals surface area contributed by atoms with Crippen LogP contribution >= 0.6 is 11.8 Å². The fourth-order valence-electron chi connectivity index (χ4n) is 3.00. The van der Waals surface area contributed by atoms with Gasteiger partial charge < -0.3 is 15.5 Å². The van der Waals surface area contributed by atoms with Crippen molar-refractivity contribution in [3.05, 3.63) is 29.3 Å². The summed E-state index contributed by atoms with van der Waals surface area (Å²) in [5.41, 5.74) is 2.60. The van der Waals surface area contributed by atoms with Gasteiger partial charge in [-0.1, -0.05) is 12.1 Å². The van der Waals surface area contributed by atoms with E-state index < -0.39 is 0 Å². The van der Waals surface area contributed by atoms with Crippen molar-refractivity contribution >= 4 is 17.7 Å². The Labute approximate surface area is 151 Å². The number of rotatable bonds is 6. The predicted octanol–water partition coefficient (Wildman–Crippen LogP) is 3.11. The Bertz CT molecular complexity index is 536. The van der Waals surface area contributed by atoms with Crippen molar-refractivity contribution in [2.24, 2.45) is 10.9 Å². The molecule has 1 heterocycles. The topological polar surface area (TPSA) is 39.7 Å². The number of hydrogen-bond donors (Lipinski definition) is 2. The van der Waals surface area contributed by atoms with Crippen LogP contribution in [0.1, 0.15) is 30.9 Å². The summed E-state index contributed by atoms with van der Waals surface area (Å²) in [6.07, 6.45) is 4.68. The smallest absolute Gasteiger partial charge is 0.191 e. The van der Waals surface area contributed by atoms with Crippen LogP contribution in [0, 0.1) is 12.8 Å². The van der Waals surface area contributed by atoms with Gasteiger partial charge >= 0.3 is 0 Å². The minimum absolute atomic E-state index is 0.721. The van der Waals surface area contributed by atoms with Crippen molar-refractivity contribution in [1.29, 1.82) is 0 Å². The zero-order chi connectivity index (χ0) is 17.4. The molecule has 5 heteroatoms. The van der Waals surface area contributed by atoms with Crippen molar-refractivity contribution in [2.45, 2.75) is 38.1 Å². The van der Waals surface area contributed by atoms with E-state index in [1.54, 1.807) is 11.8 Å². The lowest BCUT2D eigenvalue weighted by molar-refractivity contribution is 0.220. The maximum Gasteiger partial charge on any atom is 0.191 e. The molecule has 2 N–H and O–H groups in total. The standard InChI is InChI=1S/C19H32N4S/c1-5-20-19(21-13-16-8-10-23(3)11-9-16)22-14-17-7-6-15(2)12-18(17)24-4/h6-7,12,16H,5,8-11,13-14H2,1-4H3,(H2,20,21,22). The Hall–Kier alpha value is -1.20. The Morgan fingerprint density at radius 1 is 1.29 bits per heavy atom. The van der Waals surface area contributed by atoms with E-state index in [-0.39, 0.29) is 0 Å². The highest BCUT2D eigenvalue weighted by Gasteiger charge is 2.16. The summed E-state index contributed by atoms with van der Waals surface area (Å²) in [5.74, 6) is 1.69. The fraction of sp³-hybridized carbons (Fsp3) is 0.632. The summed E-state index contributed by atoms with van der Waals surface area (Å²) >= 11 is 1.80. The number of nitrogens with zero attached hydrogens (tertiary/aromatic N) is 2. The van der Waals surface area contributed by atoms with E-state index in [1.807, 2.05) is 0 Å². The quantitative estimate of drug-likeness (QED) is 0.471. The van der Waals surface area contributed by atoms with Crippen LogP contribution in [-0.2, 0) is 6.54 Å². The minimum Gasteiger partial charge on any atom is -0.357 e. The molecule has 0 unspecified atom stereocenters. The molecule has 0 aromatic heterocycles. The summed E-state index contributed by atoms with van der Waals surface area (Å²) in [6.45, 7) is 9.30. The summed E-state index contributed by atoms with van der Waals surface area (Å²) in [4.78, 5) is 8.53. The van der Waals surface area contributed by atoms with Crippen molar-refractivity contribution in [3.8, 4) is 0 Å². The van der Waals surface area contributed by atoms with E-state index in [9.17, 15) is 0 Å². The lowest BCUT2D eigenvalue weighted by atomic mass is 9.97. The zero-order valence-corrected chi connectivity index (χ0v) is 16.4. The van der Waals surface area contributed by atoms with Gasteiger partial charge in [-0.25, -0.2) is 4.99 Å². The molecule has 24 heavy (non-hydrogen) atoms. The summed E-state index contributed by atoms with van der Waals surface area (Å²) < 4.78 is 0. The molecule has 1 aromatic carbocycles. The molecule has 0 saturated carbocycles. The maximum absolute atomic E-state index is 4.79. The highest BCUT2D eigenvalue weighted by Crippen LogP contribution is 2.22. The molecule has 1 saturated heterocycles. The highest BCUT2D eigenvalue weighted by atomic mass is 32.2. The molecule has 1 aliphatic rings. The van der Waals surface area contributed by atoms with Crippen molar-refractivity contribution < 1.29 is 0 Å². The van der Waals surface area contributed by atoms with Gasteiger partial charge in [0.05, 0.1) is 6.54 Å². The number of likely N-dealkylation sites (tertiary alicyclic amines) is 1. The van der Waals surface area contributed by atoms with E-state index in [0.717, 1.165) is 31.5 Å².